The van der Waals surface area contributed by atoms with Crippen molar-refractivity contribution in [1.29, 1.82) is 0 Å². The lowest BCUT2D eigenvalue weighted by Crippen LogP contribution is -2.17. The van der Waals surface area contributed by atoms with E-state index >= 15 is 0 Å². The largest absolute Gasteiger partial charge is 0.478 e. The Hall–Kier alpha value is -2.28. The number of aryl methyl sites for hydroxylation is 1. The number of aromatic carboxylic acids is 1. The van der Waals surface area contributed by atoms with E-state index in [1.807, 2.05) is 14.1 Å². The van der Waals surface area contributed by atoms with E-state index in [4.69, 9.17) is 0 Å². The van der Waals surface area contributed by atoms with Crippen molar-refractivity contribution in [1.82, 2.24) is 19.9 Å². The summed E-state index contributed by atoms with van der Waals surface area (Å²) in [6.45, 7) is 3.37. The average Bonchev–Trinajstić information content (AvgIpc) is 2.42. The van der Waals surface area contributed by atoms with E-state index in [9.17, 15) is 9.90 Å². The number of nitrogens with one attached hydrogen (secondary N) is 1. The highest BCUT2D eigenvalue weighted by Gasteiger charge is 2.18. The van der Waals surface area contributed by atoms with Gasteiger partial charge in [0.1, 0.15) is 16.6 Å². The van der Waals surface area contributed by atoms with Gasteiger partial charge in [-0.1, -0.05) is 0 Å². The fourth-order valence-corrected chi connectivity index (χ4v) is 2.12. The molecule has 0 aliphatic heterocycles. The lowest BCUT2D eigenvalue weighted by Gasteiger charge is -2.13. The van der Waals surface area contributed by atoms with E-state index < -0.39 is 5.97 Å². The molecule has 2 rings (SSSR count). The Balaban J connectivity index is 2.33. The smallest absolute Gasteiger partial charge is 0.339 e. The summed E-state index contributed by atoms with van der Waals surface area (Å²) in [5, 5.41) is 12.5. The maximum Gasteiger partial charge on any atom is 0.339 e. The number of pyridine rings is 1. The highest BCUT2D eigenvalue weighted by atomic mass is 16.4. The standard InChI is InChI=1S/C14H19N5O2/c1-9-10(14(20)21)11-12(16-7-6-15-11)13(18-9)17-5-4-8-19(2)3/h6-7H,4-5,8H2,1-3H3,(H,17,18)(H,20,21). The zero-order valence-electron chi connectivity index (χ0n) is 12.4. The van der Waals surface area contributed by atoms with Gasteiger partial charge in [-0.25, -0.2) is 14.8 Å². The van der Waals surface area contributed by atoms with Crippen molar-refractivity contribution in [3.63, 3.8) is 0 Å². The summed E-state index contributed by atoms with van der Waals surface area (Å²) >= 11 is 0. The molecule has 2 aromatic heterocycles. The van der Waals surface area contributed by atoms with E-state index in [0.717, 1.165) is 19.5 Å². The fraction of sp³-hybridized carbons (Fsp3) is 0.429. The first-order chi connectivity index (χ1) is 10.0. The van der Waals surface area contributed by atoms with Gasteiger partial charge in [0.05, 0.1) is 5.69 Å². The van der Waals surface area contributed by atoms with Crippen molar-refractivity contribution >= 4 is 22.8 Å². The Labute approximate surface area is 123 Å². The van der Waals surface area contributed by atoms with Gasteiger partial charge >= 0.3 is 5.97 Å². The molecule has 21 heavy (non-hydrogen) atoms. The van der Waals surface area contributed by atoms with Crippen molar-refractivity contribution in [2.24, 2.45) is 0 Å². The van der Waals surface area contributed by atoms with Gasteiger partial charge in [-0.05, 0) is 34.0 Å². The monoisotopic (exact) mass is 289 g/mol. The fourth-order valence-electron chi connectivity index (χ4n) is 2.12. The third-order valence-electron chi connectivity index (χ3n) is 3.09. The van der Waals surface area contributed by atoms with Crippen molar-refractivity contribution < 1.29 is 9.90 Å². The first-order valence-electron chi connectivity index (χ1n) is 6.74. The second-order valence-electron chi connectivity index (χ2n) is 5.06. The molecule has 0 bridgehead atoms. The van der Waals surface area contributed by atoms with Crippen LogP contribution in [0.1, 0.15) is 22.5 Å². The number of anilines is 1. The van der Waals surface area contributed by atoms with Crippen molar-refractivity contribution in [3.8, 4) is 0 Å². The average molecular weight is 289 g/mol. The molecule has 0 unspecified atom stereocenters. The molecule has 0 radical (unpaired) electrons. The molecule has 7 nitrogen and oxygen atoms in total. The minimum absolute atomic E-state index is 0.108. The number of fused-ring (bicyclic) bond motifs is 1. The minimum atomic E-state index is -1.04. The van der Waals surface area contributed by atoms with Gasteiger partial charge in [0, 0.05) is 18.9 Å². The van der Waals surface area contributed by atoms with Gasteiger partial charge in [-0.3, -0.25) is 4.98 Å². The van der Waals surface area contributed by atoms with Gasteiger partial charge in [0.25, 0.3) is 0 Å². The third-order valence-corrected chi connectivity index (χ3v) is 3.09. The number of aromatic nitrogens is 3. The molecule has 0 atom stereocenters. The van der Waals surface area contributed by atoms with Crippen LogP contribution in [-0.2, 0) is 0 Å². The zero-order valence-corrected chi connectivity index (χ0v) is 12.4. The summed E-state index contributed by atoms with van der Waals surface area (Å²) in [4.78, 5) is 26.1. The number of carboxylic acid groups (broad SMARTS) is 1. The van der Waals surface area contributed by atoms with E-state index in [1.54, 1.807) is 6.92 Å². The SMILES string of the molecule is Cc1nc(NCCCN(C)C)c2nccnc2c1C(=O)O. The number of hydrogen-bond acceptors (Lipinski definition) is 6. The predicted molar refractivity (Wildman–Crippen MR) is 80.7 cm³/mol. The van der Waals surface area contributed by atoms with Crippen molar-refractivity contribution in [2.45, 2.75) is 13.3 Å². The molecule has 0 saturated heterocycles. The molecule has 2 aromatic rings. The van der Waals surface area contributed by atoms with Gasteiger partial charge in [0.15, 0.2) is 5.82 Å². The van der Waals surface area contributed by atoms with Gasteiger partial charge in [-0.2, -0.15) is 0 Å². The third kappa shape index (κ3) is 3.43. The molecule has 2 heterocycles. The van der Waals surface area contributed by atoms with Crippen LogP contribution in [0, 0.1) is 6.92 Å². The molecule has 0 aliphatic carbocycles. The summed E-state index contributed by atoms with van der Waals surface area (Å²) in [5.74, 6) is -0.455. The van der Waals surface area contributed by atoms with Crippen molar-refractivity contribution in [2.75, 3.05) is 32.5 Å². The summed E-state index contributed by atoms with van der Waals surface area (Å²) in [5.41, 5.74) is 1.40. The van der Waals surface area contributed by atoms with Crippen LogP contribution in [0.25, 0.3) is 11.0 Å². The van der Waals surface area contributed by atoms with Gasteiger partial charge < -0.3 is 15.3 Å². The normalized spacial score (nSPS) is 11.0. The van der Waals surface area contributed by atoms with Crippen LogP contribution < -0.4 is 5.32 Å². The van der Waals surface area contributed by atoms with Crippen LogP contribution >= 0.6 is 0 Å². The highest BCUT2D eigenvalue weighted by Crippen LogP contribution is 2.23. The lowest BCUT2D eigenvalue weighted by molar-refractivity contribution is 0.0697. The van der Waals surface area contributed by atoms with Crippen molar-refractivity contribution in [3.05, 3.63) is 23.7 Å². The number of rotatable bonds is 6. The number of hydrogen-bond donors (Lipinski definition) is 2. The molecule has 0 fully saturated rings. The molecular formula is C14H19N5O2. The second kappa shape index (κ2) is 6.45. The number of carbonyl (C=O) groups is 1. The minimum Gasteiger partial charge on any atom is -0.478 e. The first-order valence-corrected chi connectivity index (χ1v) is 6.74. The summed E-state index contributed by atoms with van der Waals surface area (Å²) in [6, 6.07) is 0. The zero-order chi connectivity index (χ0) is 15.4. The maximum atomic E-state index is 11.3. The van der Waals surface area contributed by atoms with Crippen LogP contribution in [0.3, 0.4) is 0 Å². The number of carboxylic acids is 1. The Morgan fingerprint density at radius 3 is 2.57 bits per heavy atom. The maximum absolute atomic E-state index is 11.3. The summed E-state index contributed by atoms with van der Waals surface area (Å²) in [7, 11) is 4.04. The molecule has 2 N–H and O–H groups in total. The van der Waals surface area contributed by atoms with E-state index in [0.29, 0.717) is 22.5 Å². The molecule has 0 saturated carbocycles. The molecule has 0 aliphatic rings. The Morgan fingerprint density at radius 1 is 1.29 bits per heavy atom. The Kier molecular flexibility index (Phi) is 4.64. The second-order valence-corrected chi connectivity index (χ2v) is 5.06. The molecular weight excluding hydrogens is 270 g/mol. The molecule has 112 valence electrons. The van der Waals surface area contributed by atoms with E-state index in [1.165, 1.54) is 12.4 Å². The van der Waals surface area contributed by atoms with Crippen LogP contribution in [0.4, 0.5) is 5.82 Å². The van der Waals surface area contributed by atoms with Crippen LogP contribution in [0.15, 0.2) is 12.4 Å². The topological polar surface area (TPSA) is 91.2 Å². The van der Waals surface area contributed by atoms with Crippen LogP contribution in [0.5, 0.6) is 0 Å². The van der Waals surface area contributed by atoms with Crippen LogP contribution in [0.2, 0.25) is 0 Å². The lowest BCUT2D eigenvalue weighted by atomic mass is 10.1. The Bertz CT molecular complexity index is 657. The van der Waals surface area contributed by atoms with E-state index in [2.05, 4.69) is 25.2 Å². The predicted octanol–water partition coefficient (Wildman–Crippen LogP) is 1.40. The molecule has 7 heteroatoms. The summed E-state index contributed by atoms with van der Waals surface area (Å²) < 4.78 is 0. The molecule has 0 spiro atoms. The molecule has 0 aromatic carbocycles. The van der Waals surface area contributed by atoms with Gasteiger partial charge in [-0.15, -0.1) is 0 Å². The Morgan fingerprint density at radius 2 is 1.95 bits per heavy atom. The summed E-state index contributed by atoms with van der Waals surface area (Å²) in [6.07, 6.45) is 3.98. The number of nitrogens with zero attached hydrogens (tertiary/aromatic N) is 4. The van der Waals surface area contributed by atoms with Crippen LogP contribution in [-0.4, -0.2) is 58.1 Å². The highest BCUT2D eigenvalue weighted by molar-refractivity contribution is 6.04. The van der Waals surface area contributed by atoms with Gasteiger partial charge in [0.2, 0.25) is 0 Å². The molecule has 0 amide bonds. The quantitative estimate of drug-likeness (QED) is 0.776. The van der Waals surface area contributed by atoms with E-state index in [-0.39, 0.29) is 5.56 Å². The first kappa shape index (κ1) is 15.1.